The number of carbonyl (C=O) groups excluding carboxylic acids is 2. The Morgan fingerprint density at radius 3 is 2.44 bits per heavy atom. The normalized spacial score (nSPS) is 10.2. The first kappa shape index (κ1) is 18.1. The Bertz CT molecular complexity index is 800. The molecule has 0 aliphatic heterocycles. The summed E-state index contributed by atoms with van der Waals surface area (Å²) in [6, 6.07) is 11.0. The Balaban J connectivity index is 1.96. The second-order valence-electron chi connectivity index (χ2n) is 5.34. The fraction of sp³-hybridized carbons (Fsp3) is 0.222. The number of nitrogens with zero attached hydrogens (tertiary/aromatic N) is 1. The van der Waals surface area contributed by atoms with Gasteiger partial charge in [0.25, 0.3) is 11.6 Å². The number of Topliss-reactive ketones (excluding diaryl/α,β-unsaturated/α-hetero) is 1. The van der Waals surface area contributed by atoms with Crippen molar-refractivity contribution >= 4 is 23.1 Å². The average Bonchev–Trinajstić information content (AvgIpc) is 2.61. The molecule has 25 heavy (non-hydrogen) atoms. The number of nitrogens with one attached hydrogen (secondary N) is 1. The van der Waals surface area contributed by atoms with Crippen molar-refractivity contribution in [1.82, 2.24) is 0 Å². The van der Waals surface area contributed by atoms with E-state index in [0.717, 1.165) is 0 Å². The SMILES string of the molecule is CCC(=O)c1ccc(OCC(=O)Nc2cccc([N+](=O)[O-])c2C)cc1. The van der Waals surface area contributed by atoms with Gasteiger partial charge in [0.05, 0.1) is 16.2 Å². The molecule has 0 radical (unpaired) electrons. The molecule has 130 valence electrons. The number of nitro groups is 1. The molecule has 7 nitrogen and oxygen atoms in total. The molecule has 0 unspecified atom stereocenters. The fourth-order valence-electron chi connectivity index (χ4n) is 2.23. The molecule has 0 aliphatic carbocycles. The van der Waals surface area contributed by atoms with Gasteiger partial charge in [-0.2, -0.15) is 0 Å². The summed E-state index contributed by atoms with van der Waals surface area (Å²) >= 11 is 0. The molecule has 0 heterocycles. The van der Waals surface area contributed by atoms with E-state index < -0.39 is 10.8 Å². The number of rotatable bonds is 7. The van der Waals surface area contributed by atoms with Crippen LogP contribution in [-0.2, 0) is 4.79 Å². The molecule has 0 aliphatic rings. The van der Waals surface area contributed by atoms with Crippen LogP contribution in [0.1, 0.15) is 29.3 Å². The molecule has 2 rings (SSSR count). The maximum absolute atomic E-state index is 12.0. The highest BCUT2D eigenvalue weighted by Gasteiger charge is 2.15. The Morgan fingerprint density at radius 1 is 1.16 bits per heavy atom. The lowest BCUT2D eigenvalue weighted by molar-refractivity contribution is -0.385. The lowest BCUT2D eigenvalue weighted by atomic mass is 10.1. The molecule has 1 amide bonds. The number of ether oxygens (including phenoxy) is 1. The zero-order valence-corrected chi connectivity index (χ0v) is 13.9. The summed E-state index contributed by atoms with van der Waals surface area (Å²) in [4.78, 5) is 33.9. The van der Waals surface area contributed by atoms with Gasteiger partial charge in [-0.15, -0.1) is 0 Å². The van der Waals surface area contributed by atoms with Gasteiger partial charge < -0.3 is 10.1 Å². The Labute approximate surface area is 144 Å². The van der Waals surface area contributed by atoms with Gasteiger partial charge in [-0.1, -0.05) is 13.0 Å². The molecule has 0 bridgehead atoms. The highest BCUT2D eigenvalue weighted by molar-refractivity contribution is 5.96. The molecule has 2 aromatic carbocycles. The lowest BCUT2D eigenvalue weighted by Crippen LogP contribution is -2.20. The van der Waals surface area contributed by atoms with Gasteiger partial charge in [-0.05, 0) is 37.3 Å². The highest BCUT2D eigenvalue weighted by Crippen LogP contribution is 2.25. The minimum absolute atomic E-state index is 0.0328. The zero-order chi connectivity index (χ0) is 18.4. The van der Waals surface area contributed by atoms with E-state index in [2.05, 4.69) is 5.32 Å². The minimum Gasteiger partial charge on any atom is -0.484 e. The highest BCUT2D eigenvalue weighted by atomic mass is 16.6. The Hall–Kier alpha value is -3.22. The van der Waals surface area contributed by atoms with Gasteiger partial charge in [0.15, 0.2) is 12.4 Å². The fourth-order valence-corrected chi connectivity index (χ4v) is 2.23. The summed E-state index contributed by atoms with van der Waals surface area (Å²) < 4.78 is 5.37. The van der Waals surface area contributed by atoms with Gasteiger partial charge in [0, 0.05) is 18.1 Å². The summed E-state index contributed by atoms with van der Waals surface area (Å²) in [5.74, 6) is 0.0568. The largest absolute Gasteiger partial charge is 0.484 e. The standard InChI is InChI=1S/C18H18N2O5/c1-3-17(21)13-7-9-14(10-8-13)25-11-18(22)19-15-5-4-6-16(12(15)2)20(23)24/h4-10H,3,11H2,1-2H3,(H,19,22). The predicted molar refractivity (Wildman–Crippen MR) is 93.0 cm³/mol. The smallest absolute Gasteiger partial charge is 0.274 e. The summed E-state index contributed by atoms with van der Waals surface area (Å²) in [5, 5.41) is 13.5. The van der Waals surface area contributed by atoms with Crippen molar-refractivity contribution in [3.05, 3.63) is 63.7 Å². The maximum Gasteiger partial charge on any atom is 0.274 e. The lowest BCUT2D eigenvalue weighted by Gasteiger charge is -2.10. The molecular formula is C18H18N2O5. The monoisotopic (exact) mass is 342 g/mol. The third-order valence-corrected chi connectivity index (χ3v) is 3.64. The summed E-state index contributed by atoms with van der Waals surface area (Å²) in [6.07, 6.45) is 0.422. The number of hydrogen-bond acceptors (Lipinski definition) is 5. The number of carbonyl (C=O) groups is 2. The van der Waals surface area contributed by atoms with Crippen molar-refractivity contribution in [1.29, 1.82) is 0 Å². The number of benzene rings is 2. The van der Waals surface area contributed by atoms with Crippen LogP contribution in [0.15, 0.2) is 42.5 Å². The van der Waals surface area contributed by atoms with Crippen LogP contribution < -0.4 is 10.1 Å². The van der Waals surface area contributed by atoms with E-state index in [1.807, 2.05) is 0 Å². The van der Waals surface area contributed by atoms with Crippen molar-refractivity contribution in [3.8, 4) is 5.75 Å². The van der Waals surface area contributed by atoms with Gasteiger partial charge in [-0.25, -0.2) is 0 Å². The number of amides is 1. The first-order chi connectivity index (χ1) is 11.9. The van der Waals surface area contributed by atoms with Crippen molar-refractivity contribution < 1.29 is 19.2 Å². The average molecular weight is 342 g/mol. The quantitative estimate of drug-likeness (QED) is 0.471. The molecule has 2 aromatic rings. The van der Waals surface area contributed by atoms with E-state index >= 15 is 0 Å². The molecule has 0 saturated carbocycles. The van der Waals surface area contributed by atoms with E-state index in [9.17, 15) is 19.7 Å². The first-order valence-electron chi connectivity index (χ1n) is 7.72. The minimum atomic E-state index is -0.499. The molecule has 1 N–H and O–H groups in total. The van der Waals surface area contributed by atoms with E-state index in [-0.39, 0.29) is 18.1 Å². The molecular weight excluding hydrogens is 324 g/mol. The first-order valence-corrected chi connectivity index (χ1v) is 7.72. The van der Waals surface area contributed by atoms with Crippen LogP contribution >= 0.6 is 0 Å². The van der Waals surface area contributed by atoms with Gasteiger partial charge >= 0.3 is 0 Å². The van der Waals surface area contributed by atoms with Crippen molar-refractivity contribution in [2.24, 2.45) is 0 Å². The van der Waals surface area contributed by atoms with Crippen LogP contribution in [0.3, 0.4) is 0 Å². The van der Waals surface area contributed by atoms with Gasteiger partial charge in [-0.3, -0.25) is 19.7 Å². The molecule has 0 aromatic heterocycles. The Morgan fingerprint density at radius 2 is 1.84 bits per heavy atom. The van der Waals surface area contributed by atoms with Crippen LogP contribution in [0.5, 0.6) is 5.75 Å². The van der Waals surface area contributed by atoms with E-state index in [1.54, 1.807) is 44.2 Å². The molecule has 7 heteroatoms. The number of anilines is 1. The third-order valence-electron chi connectivity index (χ3n) is 3.64. The van der Waals surface area contributed by atoms with Gasteiger partial charge in [0.2, 0.25) is 0 Å². The van der Waals surface area contributed by atoms with Crippen LogP contribution in [-0.4, -0.2) is 23.2 Å². The summed E-state index contributed by atoms with van der Waals surface area (Å²) in [7, 11) is 0. The predicted octanol–water partition coefficient (Wildman–Crippen LogP) is 3.51. The number of nitro benzene ring substituents is 1. The molecule has 0 saturated heterocycles. The summed E-state index contributed by atoms with van der Waals surface area (Å²) in [5.41, 5.74) is 1.27. The van der Waals surface area contributed by atoms with Crippen molar-refractivity contribution in [2.75, 3.05) is 11.9 Å². The zero-order valence-electron chi connectivity index (χ0n) is 13.9. The van der Waals surface area contributed by atoms with Crippen LogP contribution in [0.4, 0.5) is 11.4 Å². The number of hydrogen-bond donors (Lipinski definition) is 1. The van der Waals surface area contributed by atoms with Crippen molar-refractivity contribution in [2.45, 2.75) is 20.3 Å². The molecule has 0 atom stereocenters. The summed E-state index contributed by atoms with van der Waals surface area (Å²) in [6.45, 7) is 3.11. The van der Waals surface area contributed by atoms with Crippen LogP contribution in [0.25, 0.3) is 0 Å². The van der Waals surface area contributed by atoms with Gasteiger partial charge in [0.1, 0.15) is 5.75 Å². The van der Waals surface area contributed by atoms with E-state index in [4.69, 9.17) is 4.74 Å². The topological polar surface area (TPSA) is 98.5 Å². The second-order valence-corrected chi connectivity index (χ2v) is 5.34. The molecule has 0 spiro atoms. The second kappa shape index (κ2) is 8.05. The Kier molecular flexibility index (Phi) is 5.84. The van der Waals surface area contributed by atoms with Crippen LogP contribution in [0.2, 0.25) is 0 Å². The third kappa shape index (κ3) is 4.63. The van der Waals surface area contributed by atoms with E-state index in [1.165, 1.54) is 12.1 Å². The van der Waals surface area contributed by atoms with Crippen LogP contribution in [0, 0.1) is 17.0 Å². The molecule has 0 fully saturated rings. The maximum atomic E-state index is 12.0. The van der Waals surface area contributed by atoms with E-state index in [0.29, 0.717) is 29.0 Å². The number of ketones is 1. The van der Waals surface area contributed by atoms with Crippen molar-refractivity contribution in [3.63, 3.8) is 0 Å².